The zero-order valence-electron chi connectivity index (χ0n) is 9.85. The summed E-state index contributed by atoms with van der Waals surface area (Å²) in [5, 5.41) is 3.28. The molecule has 1 unspecified atom stereocenters. The first kappa shape index (κ1) is 11.6. The Kier molecular flexibility index (Phi) is 3.93. The highest BCUT2D eigenvalue weighted by molar-refractivity contribution is 4.94. The summed E-state index contributed by atoms with van der Waals surface area (Å²) < 4.78 is 12.9. The van der Waals surface area contributed by atoms with E-state index in [4.69, 9.17) is 9.47 Å². The molecule has 5 heteroatoms. The van der Waals surface area contributed by atoms with Gasteiger partial charge in [0.05, 0.1) is 13.2 Å². The summed E-state index contributed by atoms with van der Waals surface area (Å²) in [5.41, 5.74) is 0. The molecule has 0 radical (unpaired) electrons. The standard InChI is InChI=1S/C11H19N3O2/c1-12-9(8-11-15-5-6-16-11)7-10-13-3-4-14(10)2/h3-4,9,11-12H,5-8H2,1-2H3. The van der Waals surface area contributed by atoms with Gasteiger partial charge >= 0.3 is 0 Å². The van der Waals surface area contributed by atoms with Crippen LogP contribution in [0.5, 0.6) is 0 Å². The van der Waals surface area contributed by atoms with Crippen molar-refractivity contribution in [2.24, 2.45) is 7.05 Å². The van der Waals surface area contributed by atoms with Crippen LogP contribution < -0.4 is 5.32 Å². The van der Waals surface area contributed by atoms with Crippen LogP contribution in [0.15, 0.2) is 12.4 Å². The number of aromatic nitrogens is 2. The molecule has 2 heterocycles. The second-order valence-corrected chi connectivity index (χ2v) is 4.05. The van der Waals surface area contributed by atoms with E-state index in [0.29, 0.717) is 19.3 Å². The predicted octanol–water partition coefficient (Wildman–Crippen LogP) is 0.314. The number of hydrogen-bond acceptors (Lipinski definition) is 4. The first-order valence-electron chi connectivity index (χ1n) is 5.66. The predicted molar refractivity (Wildman–Crippen MR) is 60.1 cm³/mol. The molecule has 1 fully saturated rings. The van der Waals surface area contributed by atoms with E-state index in [1.54, 1.807) is 0 Å². The molecule has 1 saturated heterocycles. The van der Waals surface area contributed by atoms with Crippen molar-refractivity contribution in [3.63, 3.8) is 0 Å². The number of nitrogens with one attached hydrogen (secondary N) is 1. The van der Waals surface area contributed by atoms with Gasteiger partial charge in [-0.2, -0.15) is 0 Å². The second-order valence-electron chi connectivity index (χ2n) is 4.05. The molecule has 1 aliphatic heterocycles. The summed E-state index contributed by atoms with van der Waals surface area (Å²) in [6, 6.07) is 0.337. The summed E-state index contributed by atoms with van der Waals surface area (Å²) in [4.78, 5) is 4.32. The largest absolute Gasteiger partial charge is 0.350 e. The maximum atomic E-state index is 5.45. The average Bonchev–Trinajstić information content (AvgIpc) is 2.90. The zero-order valence-corrected chi connectivity index (χ0v) is 9.85. The van der Waals surface area contributed by atoms with Gasteiger partial charge in [0.1, 0.15) is 5.82 Å². The molecule has 0 saturated carbocycles. The molecule has 16 heavy (non-hydrogen) atoms. The highest BCUT2D eigenvalue weighted by Crippen LogP contribution is 2.12. The Bertz CT molecular complexity index is 321. The summed E-state index contributed by atoms with van der Waals surface area (Å²) in [7, 11) is 3.97. The summed E-state index contributed by atoms with van der Waals surface area (Å²) in [5.74, 6) is 1.08. The third kappa shape index (κ3) is 2.81. The number of likely N-dealkylation sites (N-methyl/N-ethyl adjacent to an activating group) is 1. The van der Waals surface area contributed by atoms with Gasteiger partial charge in [0, 0.05) is 38.3 Å². The van der Waals surface area contributed by atoms with Gasteiger partial charge in [-0.15, -0.1) is 0 Å². The van der Waals surface area contributed by atoms with Crippen LogP contribution in [0.4, 0.5) is 0 Å². The van der Waals surface area contributed by atoms with Gasteiger partial charge in [-0.05, 0) is 7.05 Å². The minimum atomic E-state index is -0.0577. The van der Waals surface area contributed by atoms with Crippen LogP contribution in [0.3, 0.4) is 0 Å². The van der Waals surface area contributed by atoms with Gasteiger partial charge in [-0.3, -0.25) is 0 Å². The van der Waals surface area contributed by atoms with E-state index >= 15 is 0 Å². The Labute approximate surface area is 95.8 Å². The molecule has 1 aromatic rings. The lowest BCUT2D eigenvalue weighted by atomic mass is 10.1. The second kappa shape index (κ2) is 5.43. The lowest BCUT2D eigenvalue weighted by Gasteiger charge is -2.19. The Hall–Kier alpha value is -0.910. The van der Waals surface area contributed by atoms with Gasteiger partial charge in [0.15, 0.2) is 6.29 Å². The molecule has 0 spiro atoms. The molecule has 1 aromatic heterocycles. The van der Waals surface area contributed by atoms with Crippen LogP contribution in [-0.4, -0.2) is 42.1 Å². The van der Waals surface area contributed by atoms with Crippen LogP contribution in [0, 0.1) is 0 Å². The van der Waals surface area contributed by atoms with E-state index < -0.39 is 0 Å². The van der Waals surface area contributed by atoms with Crippen LogP contribution in [0.25, 0.3) is 0 Å². The fourth-order valence-electron chi connectivity index (χ4n) is 1.89. The monoisotopic (exact) mass is 225 g/mol. The lowest BCUT2D eigenvalue weighted by molar-refractivity contribution is -0.0523. The van der Waals surface area contributed by atoms with Crippen molar-refractivity contribution in [3.8, 4) is 0 Å². The van der Waals surface area contributed by atoms with Crippen LogP contribution in [0.2, 0.25) is 0 Å². The van der Waals surface area contributed by atoms with Gasteiger partial charge < -0.3 is 19.4 Å². The van der Waals surface area contributed by atoms with Crippen LogP contribution >= 0.6 is 0 Å². The maximum Gasteiger partial charge on any atom is 0.159 e. The number of hydrogen-bond donors (Lipinski definition) is 1. The van der Waals surface area contributed by atoms with Crippen molar-refractivity contribution in [1.82, 2.24) is 14.9 Å². The van der Waals surface area contributed by atoms with Crippen molar-refractivity contribution in [1.29, 1.82) is 0 Å². The topological polar surface area (TPSA) is 48.3 Å². The zero-order chi connectivity index (χ0) is 11.4. The molecule has 2 rings (SSSR count). The SMILES string of the molecule is CNC(Cc1nccn1C)CC1OCCO1. The molecule has 5 nitrogen and oxygen atoms in total. The molecule has 1 aliphatic rings. The number of rotatable bonds is 5. The Morgan fingerprint density at radius 3 is 2.88 bits per heavy atom. The average molecular weight is 225 g/mol. The molecular formula is C11H19N3O2. The van der Waals surface area contributed by atoms with Crippen LogP contribution in [-0.2, 0) is 22.9 Å². The molecule has 0 bridgehead atoms. The smallest absolute Gasteiger partial charge is 0.159 e. The minimum Gasteiger partial charge on any atom is -0.350 e. The molecule has 1 N–H and O–H groups in total. The maximum absolute atomic E-state index is 5.45. The van der Waals surface area contributed by atoms with Gasteiger partial charge in [0.25, 0.3) is 0 Å². The number of imidazole rings is 1. The summed E-state index contributed by atoms with van der Waals surface area (Å²) >= 11 is 0. The minimum absolute atomic E-state index is 0.0577. The third-order valence-electron chi connectivity index (χ3n) is 2.93. The quantitative estimate of drug-likeness (QED) is 0.783. The first-order valence-corrected chi connectivity index (χ1v) is 5.66. The van der Waals surface area contributed by atoms with Gasteiger partial charge in [-0.1, -0.05) is 0 Å². The third-order valence-corrected chi connectivity index (χ3v) is 2.93. The Morgan fingerprint density at radius 2 is 2.31 bits per heavy atom. The molecule has 90 valence electrons. The molecule has 0 aliphatic carbocycles. The van der Waals surface area contributed by atoms with Gasteiger partial charge in [-0.25, -0.2) is 4.98 Å². The number of nitrogens with zero attached hydrogens (tertiary/aromatic N) is 2. The van der Waals surface area contributed by atoms with E-state index in [1.165, 1.54) is 0 Å². The lowest BCUT2D eigenvalue weighted by Crippen LogP contribution is -2.33. The van der Waals surface area contributed by atoms with Crippen molar-refractivity contribution >= 4 is 0 Å². The van der Waals surface area contributed by atoms with Crippen molar-refractivity contribution in [2.75, 3.05) is 20.3 Å². The van der Waals surface area contributed by atoms with E-state index in [1.807, 2.05) is 31.1 Å². The van der Waals surface area contributed by atoms with E-state index in [2.05, 4.69) is 10.3 Å². The van der Waals surface area contributed by atoms with Crippen molar-refractivity contribution < 1.29 is 9.47 Å². The van der Waals surface area contributed by atoms with Crippen LogP contribution in [0.1, 0.15) is 12.2 Å². The number of ether oxygens (including phenoxy) is 2. The summed E-state index contributed by atoms with van der Waals surface area (Å²) in [6.45, 7) is 1.42. The Morgan fingerprint density at radius 1 is 1.56 bits per heavy atom. The number of aryl methyl sites for hydroxylation is 1. The molecule has 0 aromatic carbocycles. The molecular weight excluding hydrogens is 206 g/mol. The molecule has 1 atom stereocenters. The molecule has 0 amide bonds. The van der Waals surface area contributed by atoms with Crippen molar-refractivity contribution in [2.45, 2.75) is 25.2 Å². The fraction of sp³-hybridized carbons (Fsp3) is 0.727. The van der Waals surface area contributed by atoms with E-state index in [0.717, 1.165) is 18.7 Å². The Balaban J connectivity index is 1.87. The van der Waals surface area contributed by atoms with Crippen molar-refractivity contribution in [3.05, 3.63) is 18.2 Å². The first-order chi connectivity index (χ1) is 7.79. The summed E-state index contributed by atoms with van der Waals surface area (Å²) in [6.07, 6.45) is 5.49. The highest BCUT2D eigenvalue weighted by atomic mass is 16.7. The van der Waals surface area contributed by atoms with Gasteiger partial charge in [0.2, 0.25) is 0 Å². The fourth-order valence-corrected chi connectivity index (χ4v) is 1.89. The van der Waals surface area contributed by atoms with E-state index in [-0.39, 0.29) is 6.29 Å². The van der Waals surface area contributed by atoms with E-state index in [9.17, 15) is 0 Å². The normalized spacial score (nSPS) is 19.1. The highest BCUT2D eigenvalue weighted by Gasteiger charge is 2.21.